The fourth-order valence-electron chi connectivity index (χ4n) is 4.29. The Morgan fingerprint density at radius 2 is 1.59 bits per heavy atom. The highest BCUT2D eigenvalue weighted by Crippen LogP contribution is 2.25. The van der Waals surface area contributed by atoms with E-state index in [1.165, 1.54) is 0 Å². The lowest BCUT2D eigenvalue weighted by molar-refractivity contribution is 0.0566. The summed E-state index contributed by atoms with van der Waals surface area (Å²) >= 11 is 0. The van der Waals surface area contributed by atoms with Crippen molar-refractivity contribution in [1.82, 2.24) is 19.1 Å². The van der Waals surface area contributed by atoms with Crippen LogP contribution in [-0.4, -0.2) is 85.4 Å². The van der Waals surface area contributed by atoms with Gasteiger partial charge in [0.1, 0.15) is 5.69 Å². The van der Waals surface area contributed by atoms with Crippen molar-refractivity contribution in [3.05, 3.63) is 30.0 Å². The number of hydrogen-bond acceptors (Lipinski definition) is 5. The van der Waals surface area contributed by atoms with Gasteiger partial charge in [0.25, 0.3) is 5.91 Å². The number of aromatic nitrogens is 1. The highest BCUT2D eigenvalue weighted by Gasteiger charge is 2.28. The van der Waals surface area contributed by atoms with Crippen LogP contribution >= 0.6 is 0 Å². The van der Waals surface area contributed by atoms with Crippen molar-refractivity contribution in [3.63, 3.8) is 0 Å². The number of hydrogen-bond donors (Lipinski definition) is 1. The van der Waals surface area contributed by atoms with E-state index in [2.05, 4.69) is 4.98 Å². The van der Waals surface area contributed by atoms with Gasteiger partial charge in [0.15, 0.2) is 0 Å². The Balaban J connectivity index is 1.48. The lowest BCUT2D eigenvalue weighted by Gasteiger charge is -2.33. The number of nitrogens with one attached hydrogen (secondary N) is 1. The maximum absolute atomic E-state index is 13.1. The molecule has 3 heterocycles. The second-order valence-corrected chi connectivity index (χ2v) is 10.2. The van der Waals surface area contributed by atoms with E-state index in [-0.39, 0.29) is 16.9 Å². The molecule has 2 amide bonds. The van der Waals surface area contributed by atoms with Crippen molar-refractivity contribution in [1.29, 1.82) is 0 Å². The van der Waals surface area contributed by atoms with Crippen LogP contribution in [0, 0.1) is 0 Å². The smallest absolute Gasteiger partial charge is 0.409 e. The van der Waals surface area contributed by atoms with Gasteiger partial charge in [-0.2, -0.15) is 4.31 Å². The minimum Gasteiger partial charge on any atom is -0.450 e. The van der Waals surface area contributed by atoms with Gasteiger partial charge in [0.2, 0.25) is 10.0 Å². The Kier molecular flexibility index (Phi) is 6.71. The van der Waals surface area contributed by atoms with Gasteiger partial charge < -0.3 is 19.5 Å². The molecule has 10 heteroatoms. The summed E-state index contributed by atoms with van der Waals surface area (Å²) in [7, 11) is -3.55. The lowest BCUT2D eigenvalue weighted by atomic mass is 10.2. The van der Waals surface area contributed by atoms with Crippen LogP contribution in [-0.2, 0) is 14.8 Å². The van der Waals surface area contributed by atoms with Gasteiger partial charge in [-0.05, 0) is 44.0 Å². The Bertz CT molecular complexity index is 1080. The summed E-state index contributed by atoms with van der Waals surface area (Å²) in [6.45, 7) is 4.86. The zero-order chi connectivity index (χ0) is 22.7. The summed E-state index contributed by atoms with van der Waals surface area (Å²) in [5.74, 6) is -0.165. The molecule has 9 nitrogen and oxygen atoms in total. The highest BCUT2D eigenvalue weighted by molar-refractivity contribution is 7.89. The number of ether oxygens (including phenoxy) is 1. The van der Waals surface area contributed by atoms with Gasteiger partial charge >= 0.3 is 6.09 Å². The lowest BCUT2D eigenvalue weighted by Crippen LogP contribution is -2.50. The molecule has 2 fully saturated rings. The van der Waals surface area contributed by atoms with Gasteiger partial charge in [-0.15, -0.1) is 0 Å². The van der Waals surface area contributed by atoms with E-state index >= 15 is 0 Å². The number of carbonyl (C=O) groups excluding carboxylic acids is 2. The zero-order valence-corrected chi connectivity index (χ0v) is 19.2. The average molecular weight is 463 g/mol. The molecule has 0 bridgehead atoms. The molecule has 1 aromatic heterocycles. The van der Waals surface area contributed by atoms with Crippen LogP contribution in [0.3, 0.4) is 0 Å². The number of carbonyl (C=O) groups is 2. The fraction of sp³-hybridized carbons (Fsp3) is 0.545. The summed E-state index contributed by atoms with van der Waals surface area (Å²) in [5, 5.41) is 0.689. The van der Waals surface area contributed by atoms with E-state index in [0.717, 1.165) is 25.7 Å². The minimum atomic E-state index is -3.55. The number of sulfonamides is 1. The fourth-order valence-corrected chi connectivity index (χ4v) is 5.85. The first kappa shape index (κ1) is 22.6. The summed E-state index contributed by atoms with van der Waals surface area (Å²) in [6, 6.07) is 6.67. The standard InChI is InChI=1S/C22H30N4O5S/c1-2-31-22(28)25-13-11-24(12-14-25)21(27)20-16-17-15-18(7-8-19(17)23-20)32(29,30)26-9-5-3-4-6-10-26/h7-8,15-16,23H,2-6,9-14H2,1H3. The molecular formula is C22H30N4O5S. The van der Waals surface area contributed by atoms with Gasteiger partial charge in [0.05, 0.1) is 11.5 Å². The predicted molar refractivity (Wildman–Crippen MR) is 120 cm³/mol. The second-order valence-electron chi connectivity index (χ2n) is 8.23. The monoisotopic (exact) mass is 462 g/mol. The molecular weight excluding hydrogens is 432 g/mol. The van der Waals surface area contributed by atoms with E-state index in [0.29, 0.717) is 62.5 Å². The number of benzene rings is 1. The molecule has 2 aliphatic rings. The molecule has 2 aliphatic heterocycles. The van der Waals surface area contributed by atoms with Crippen LogP contribution in [0.15, 0.2) is 29.2 Å². The number of piperazine rings is 1. The molecule has 0 aliphatic carbocycles. The van der Waals surface area contributed by atoms with Crippen LogP contribution in [0.4, 0.5) is 4.79 Å². The Labute approximate surface area is 188 Å². The third kappa shape index (κ3) is 4.61. The molecule has 0 radical (unpaired) electrons. The number of nitrogens with zero attached hydrogens (tertiary/aromatic N) is 3. The number of amides is 2. The van der Waals surface area contributed by atoms with Crippen molar-refractivity contribution in [2.45, 2.75) is 37.5 Å². The van der Waals surface area contributed by atoms with Crippen molar-refractivity contribution in [2.24, 2.45) is 0 Å². The third-order valence-corrected chi connectivity index (χ3v) is 8.01. The van der Waals surface area contributed by atoms with E-state index in [9.17, 15) is 18.0 Å². The van der Waals surface area contributed by atoms with Crippen LogP contribution in [0.5, 0.6) is 0 Å². The van der Waals surface area contributed by atoms with Gasteiger partial charge in [-0.1, -0.05) is 12.8 Å². The molecule has 0 spiro atoms. The molecule has 0 atom stereocenters. The van der Waals surface area contributed by atoms with Crippen LogP contribution in [0.25, 0.3) is 10.9 Å². The molecule has 174 valence electrons. The van der Waals surface area contributed by atoms with Gasteiger partial charge in [-0.25, -0.2) is 13.2 Å². The first-order valence-corrected chi connectivity index (χ1v) is 12.7. The Hall–Kier alpha value is -2.59. The summed E-state index contributed by atoms with van der Waals surface area (Å²) < 4.78 is 32.8. The highest BCUT2D eigenvalue weighted by atomic mass is 32.2. The first-order valence-electron chi connectivity index (χ1n) is 11.2. The van der Waals surface area contributed by atoms with Crippen LogP contribution in [0.1, 0.15) is 43.1 Å². The van der Waals surface area contributed by atoms with E-state index in [1.807, 2.05) is 0 Å². The minimum absolute atomic E-state index is 0.165. The molecule has 2 aromatic rings. The predicted octanol–water partition coefficient (Wildman–Crippen LogP) is 2.65. The van der Waals surface area contributed by atoms with E-state index < -0.39 is 10.0 Å². The second kappa shape index (κ2) is 9.50. The quantitative estimate of drug-likeness (QED) is 0.752. The third-order valence-electron chi connectivity index (χ3n) is 6.12. The van der Waals surface area contributed by atoms with Gasteiger partial charge in [-0.3, -0.25) is 4.79 Å². The number of H-pyrrole nitrogens is 1. The van der Waals surface area contributed by atoms with E-state index in [1.54, 1.807) is 45.3 Å². The van der Waals surface area contributed by atoms with Crippen molar-refractivity contribution in [2.75, 3.05) is 45.9 Å². The maximum atomic E-state index is 13.1. The van der Waals surface area contributed by atoms with Crippen molar-refractivity contribution >= 4 is 32.9 Å². The molecule has 32 heavy (non-hydrogen) atoms. The molecule has 0 saturated carbocycles. The van der Waals surface area contributed by atoms with E-state index in [4.69, 9.17) is 4.74 Å². The Morgan fingerprint density at radius 3 is 2.25 bits per heavy atom. The molecule has 1 aromatic carbocycles. The number of rotatable bonds is 4. The summed E-state index contributed by atoms with van der Waals surface area (Å²) in [5.41, 5.74) is 1.13. The van der Waals surface area contributed by atoms with Crippen LogP contribution in [0.2, 0.25) is 0 Å². The largest absolute Gasteiger partial charge is 0.450 e. The summed E-state index contributed by atoms with van der Waals surface area (Å²) in [4.78, 5) is 31.5. The van der Waals surface area contributed by atoms with Crippen molar-refractivity contribution in [3.8, 4) is 0 Å². The summed E-state index contributed by atoms with van der Waals surface area (Å²) in [6.07, 6.45) is 3.52. The normalized spacial score (nSPS) is 18.5. The zero-order valence-electron chi connectivity index (χ0n) is 18.4. The molecule has 4 rings (SSSR count). The first-order chi connectivity index (χ1) is 15.4. The molecule has 1 N–H and O–H groups in total. The number of aromatic amines is 1. The number of fused-ring (bicyclic) bond motifs is 1. The maximum Gasteiger partial charge on any atom is 0.409 e. The average Bonchev–Trinajstić information content (AvgIpc) is 3.02. The topological polar surface area (TPSA) is 103 Å². The van der Waals surface area contributed by atoms with Crippen LogP contribution < -0.4 is 0 Å². The van der Waals surface area contributed by atoms with Crippen molar-refractivity contribution < 1.29 is 22.7 Å². The molecule has 2 saturated heterocycles. The SMILES string of the molecule is CCOC(=O)N1CCN(C(=O)c2cc3cc(S(=O)(=O)N4CCCCCC4)ccc3[nH]2)CC1. The molecule has 0 unspecified atom stereocenters. The Morgan fingerprint density at radius 1 is 0.938 bits per heavy atom. The van der Waals surface area contributed by atoms with Gasteiger partial charge in [0, 0.05) is 50.2 Å².